The van der Waals surface area contributed by atoms with Crippen molar-refractivity contribution in [3.05, 3.63) is 94.9 Å². The topological polar surface area (TPSA) is 92.8 Å². The number of rotatable bonds is 5. The molecule has 1 fully saturated rings. The Morgan fingerprint density at radius 3 is 2.88 bits per heavy atom. The van der Waals surface area contributed by atoms with E-state index in [1.807, 2.05) is 25.1 Å². The van der Waals surface area contributed by atoms with E-state index >= 15 is 0 Å². The Morgan fingerprint density at radius 1 is 1.18 bits per heavy atom. The first-order valence-electron chi connectivity index (χ1n) is 13.7. The van der Waals surface area contributed by atoms with Gasteiger partial charge in [-0.2, -0.15) is 5.26 Å². The van der Waals surface area contributed by atoms with Gasteiger partial charge in [0.05, 0.1) is 42.7 Å². The minimum absolute atomic E-state index is 0.208. The van der Waals surface area contributed by atoms with Gasteiger partial charge < -0.3 is 14.6 Å². The lowest BCUT2D eigenvalue weighted by molar-refractivity contribution is 0.0757. The van der Waals surface area contributed by atoms with E-state index in [2.05, 4.69) is 64.4 Å². The van der Waals surface area contributed by atoms with Crippen LogP contribution in [0.1, 0.15) is 58.6 Å². The molecule has 1 amide bonds. The van der Waals surface area contributed by atoms with Gasteiger partial charge >= 0.3 is 0 Å². The molecule has 1 N–H and O–H groups in total. The number of amides is 1. The van der Waals surface area contributed by atoms with Crippen molar-refractivity contribution >= 4 is 27.7 Å². The molecule has 7 rings (SSSR count). The predicted octanol–water partition coefficient (Wildman–Crippen LogP) is 5.91. The van der Waals surface area contributed by atoms with Crippen molar-refractivity contribution in [3.63, 3.8) is 0 Å². The summed E-state index contributed by atoms with van der Waals surface area (Å²) in [5.41, 5.74) is 7.78. The number of carbonyl (C=O) groups excluding carboxylic acids is 1. The van der Waals surface area contributed by atoms with Gasteiger partial charge in [-0.3, -0.25) is 9.78 Å². The van der Waals surface area contributed by atoms with E-state index in [4.69, 9.17) is 9.72 Å². The van der Waals surface area contributed by atoms with Gasteiger partial charge in [0.15, 0.2) is 0 Å². The van der Waals surface area contributed by atoms with Crippen molar-refractivity contribution in [3.8, 4) is 17.3 Å². The highest BCUT2D eigenvalue weighted by Gasteiger charge is 2.33. The second-order valence-corrected chi connectivity index (χ2v) is 11.2. The molecule has 4 heterocycles. The largest absolute Gasteiger partial charge is 0.375 e. The molecule has 1 aliphatic carbocycles. The summed E-state index contributed by atoms with van der Waals surface area (Å²) >= 11 is 0. The second-order valence-electron chi connectivity index (χ2n) is 11.2. The van der Waals surface area contributed by atoms with E-state index in [-0.39, 0.29) is 12.5 Å². The molecule has 0 bridgehead atoms. The van der Waals surface area contributed by atoms with Crippen LogP contribution < -0.4 is 5.32 Å². The van der Waals surface area contributed by atoms with E-state index in [1.54, 1.807) is 12.3 Å². The van der Waals surface area contributed by atoms with Crippen LogP contribution in [0.5, 0.6) is 0 Å². The van der Waals surface area contributed by atoms with Crippen molar-refractivity contribution < 1.29 is 9.53 Å². The number of aryl methyl sites for hydroxylation is 1. The summed E-state index contributed by atoms with van der Waals surface area (Å²) < 4.78 is 7.90. The molecule has 1 atom stereocenters. The summed E-state index contributed by atoms with van der Waals surface area (Å²) in [5.74, 6) is 0.463. The highest BCUT2D eigenvalue weighted by Crippen LogP contribution is 2.43. The Balaban J connectivity index is 1.14. The van der Waals surface area contributed by atoms with E-state index in [0.29, 0.717) is 24.7 Å². The maximum absolute atomic E-state index is 13.0. The smallest absolute Gasteiger partial charge is 0.251 e. The minimum atomic E-state index is -0.767. The standard InChI is InChI=1S/C33H29N5O2/c1-33(18-34)19-40-17-23-9-8-21(12-27(23)33)32(39)36-16-24-13-29-22(15-35-24)10-11-28(37-29)25-4-3-5-30-26(25)14-31(38(30)2)20-6-7-20/h3-5,8-15,20H,6-7,16-17,19H2,1-2H3,(H,36,39)/t33-/m1/s1. The summed E-state index contributed by atoms with van der Waals surface area (Å²) in [5, 5.41) is 14.9. The molecule has 0 radical (unpaired) electrons. The lowest BCUT2D eigenvalue weighted by Crippen LogP contribution is -2.33. The Bertz CT molecular complexity index is 1860. The molecule has 7 nitrogen and oxygen atoms in total. The van der Waals surface area contributed by atoms with Crippen LogP contribution in [0.15, 0.2) is 66.9 Å². The van der Waals surface area contributed by atoms with Gasteiger partial charge in [0, 0.05) is 46.4 Å². The Labute approximate surface area is 232 Å². The van der Waals surface area contributed by atoms with Crippen LogP contribution in [0.2, 0.25) is 0 Å². The van der Waals surface area contributed by atoms with E-state index in [1.165, 1.54) is 29.4 Å². The molecule has 198 valence electrons. The fraction of sp³-hybridized carbons (Fsp3) is 0.273. The summed E-state index contributed by atoms with van der Waals surface area (Å²) in [4.78, 5) is 22.6. The number of nitrogens with one attached hydrogen (secondary N) is 1. The maximum atomic E-state index is 13.0. The van der Waals surface area contributed by atoms with Crippen molar-refractivity contribution in [2.45, 2.75) is 44.2 Å². The molecule has 7 heteroatoms. The molecule has 0 unspecified atom stereocenters. The van der Waals surface area contributed by atoms with Crippen LogP contribution in [0.4, 0.5) is 0 Å². The number of carbonyl (C=O) groups is 1. The lowest BCUT2D eigenvalue weighted by Gasteiger charge is -2.30. The highest BCUT2D eigenvalue weighted by molar-refractivity contribution is 5.97. The number of benzene rings is 2. The summed E-state index contributed by atoms with van der Waals surface area (Å²) in [6.07, 6.45) is 4.33. The van der Waals surface area contributed by atoms with Gasteiger partial charge in [-0.15, -0.1) is 0 Å². The quantitative estimate of drug-likeness (QED) is 0.307. The van der Waals surface area contributed by atoms with E-state index in [9.17, 15) is 10.1 Å². The van der Waals surface area contributed by atoms with Crippen LogP contribution in [0, 0.1) is 11.3 Å². The number of nitrogens with zero attached hydrogens (tertiary/aromatic N) is 4. The molecule has 1 aliphatic heterocycles. The van der Waals surface area contributed by atoms with Crippen molar-refractivity contribution in [2.75, 3.05) is 6.61 Å². The lowest BCUT2D eigenvalue weighted by atomic mass is 9.79. The third-order valence-electron chi connectivity index (χ3n) is 8.32. The first kappa shape index (κ1) is 24.5. The highest BCUT2D eigenvalue weighted by atomic mass is 16.5. The predicted molar refractivity (Wildman–Crippen MR) is 154 cm³/mol. The van der Waals surface area contributed by atoms with Crippen LogP contribution in [-0.4, -0.2) is 27.0 Å². The van der Waals surface area contributed by atoms with Gasteiger partial charge in [0.2, 0.25) is 0 Å². The normalized spacial score (nSPS) is 18.4. The molecule has 5 aromatic rings. The molecule has 40 heavy (non-hydrogen) atoms. The van der Waals surface area contributed by atoms with E-state index < -0.39 is 5.41 Å². The summed E-state index contributed by atoms with van der Waals surface area (Å²) in [6.45, 7) is 2.88. The second kappa shape index (κ2) is 9.29. The van der Waals surface area contributed by atoms with Gasteiger partial charge in [0.1, 0.15) is 5.41 Å². The molecule has 0 spiro atoms. The van der Waals surface area contributed by atoms with Crippen LogP contribution in [0.3, 0.4) is 0 Å². The molecule has 3 aromatic heterocycles. The van der Waals surface area contributed by atoms with Crippen LogP contribution in [-0.2, 0) is 30.4 Å². The first-order valence-corrected chi connectivity index (χ1v) is 13.7. The average molecular weight is 528 g/mol. The summed E-state index contributed by atoms with van der Waals surface area (Å²) in [7, 11) is 2.15. The average Bonchev–Trinajstić information content (AvgIpc) is 3.78. The van der Waals surface area contributed by atoms with Gasteiger partial charge in [-0.1, -0.05) is 18.2 Å². The SMILES string of the molecule is Cn1c(C2CC2)cc2c(-c3ccc4cnc(CNC(=O)c5ccc6c(c5)[C@](C)(C#N)COC6)cc4n3)cccc21. The monoisotopic (exact) mass is 527 g/mol. The van der Waals surface area contributed by atoms with E-state index in [0.717, 1.165) is 39.0 Å². The zero-order valence-corrected chi connectivity index (χ0v) is 22.6. The maximum Gasteiger partial charge on any atom is 0.251 e. The number of ether oxygens (including phenoxy) is 1. The van der Waals surface area contributed by atoms with Crippen molar-refractivity contribution in [2.24, 2.45) is 7.05 Å². The third kappa shape index (κ3) is 4.12. The number of pyridine rings is 2. The number of aromatic nitrogens is 3. The summed E-state index contributed by atoms with van der Waals surface area (Å²) in [6, 6.07) is 22.6. The third-order valence-corrected chi connectivity index (χ3v) is 8.32. The number of hydrogen-bond acceptors (Lipinski definition) is 5. The molecule has 2 aromatic carbocycles. The first-order chi connectivity index (χ1) is 19.4. The zero-order chi connectivity index (χ0) is 27.4. The molecular weight excluding hydrogens is 498 g/mol. The number of hydrogen-bond donors (Lipinski definition) is 1. The molecule has 2 aliphatic rings. The van der Waals surface area contributed by atoms with Crippen LogP contribution in [0.25, 0.3) is 33.1 Å². The molecule has 0 saturated heterocycles. The molecule has 1 saturated carbocycles. The zero-order valence-electron chi connectivity index (χ0n) is 22.6. The number of nitriles is 1. The number of fused-ring (bicyclic) bond motifs is 3. The van der Waals surface area contributed by atoms with Crippen molar-refractivity contribution in [1.29, 1.82) is 5.26 Å². The van der Waals surface area contributed by atoms with Gasteiger partial charge in [-0.05, 0) is 79.3 Å². The van der Waals surface area contributed by atoms with Crippen molar-refractivity contribution in [1.82, 2.24) is 19.9 Å². The Hall–Kier alpha value is -4.54. The van der Waals surface area contributed by atoms with Crippen LogP contribution >= 0.6 is 0 Å². The Kier molecular flexibility index (Phi) is 5.69. The molecular formula is C33H29N5O2. The van der Waals surface area contributed by atoms with Gasteiger partial charge in [-0.25, -0.2) is 4.98 Å². The van der Waals surface area contributed by atoms with Gasteiger partial charge in [0.25, 0.3) is 5.91 Å². The fourth-order valence-corrected chi connectivity index (χ4v) is 5.85. The minimum Gasteiger partial charge on any atom is -0.375 e. The fourth-order valence-electron chi connectivity index (χ4n) is 5.85. The Morgan fingerprint density at radius 2 is 2.05 bits per heavy atom.